The molecule has 0 amide bonds. The molecule has 0 N–H and O–H groups in total. The lowest BCUT2D eigenvalue weighted by Gasteiger charge is -2.07. The summed E-state index contributed by atoms with van der Waals surface area (Å²) in [5.41, 5.74) is 2.72. The quantitative estimate of drug-likeness (QED) is 0.799. The highest BCUT2D eigenvalue weighted by atomic mass is 35.5. The first kappa shape index (κ1) is 12.8. The van der Waals surface area contributed by atoms with Gasteiger partial charge in [0.15, 0.2) is 5.82 Å². The summed E-state index contributed by atoms with van der Waals surface area (Å²) in [5.74, 6) is 1.16. The second kappa shape index (κ2) is 5.31. The summed E-state index contributed by atoms with van der Waals surface area (Å²) in [6.07, 6.45) is 2.50. The third-order valence-corrected chi connectivity index (χ3v) is 3.09. The van der Waals surface area contributed by atoms with Crippen LogP contribution in [0.4, 0.5) is 0 Å². The molecule has 0 spiro atoms. The molecule has 0 aliphatic carbocycles. The Morgan fingerprint density at radius 2 is 2.06 bits per heavy atom. The smallest absolute Gasteiger partial charge is 0.212 e. The number of pyridine rings is 1. The molecule has 0 bridgehead atoms. The topological polar surface area (TPSA) is 47.9 Å². The van der Waals surface area contributed by atoms with Crippen molar-refractivity contribution in [2.45, 2.75) is 20.3 Å². The number of rotatable bonds is 3. The fourth-order valence-corrected chi connectivity index (χ4v) is 1.83. The van der Waals surface area contributed by atoms with Crippen LogP contribution in [0.1, 0.15) is 18.2 Å². The van der Waals surface area contributed by atoms with Gasteiger partial charge in [0.25, 0.3) is 0 Å². The van der Waals surface area contributed by atoms with Gasteiger partial charge in [-0.1, -0.05) is 18.5 Å². The monoisotopic (exact) mass is 263 g/mol. The van der Waals surface area contributed by atoms with Crippen LogP contribution in [0.15, 0.2) is 18.3 Å². The molecule has 0 saturated carbocycles. The summed E-state index contributed by atoms with van der Waals surface area (Å²) in [6, 6.07) is 3.64. The number of halogens is 1. The molecule has 0 fully saturated rings. The SMILES string of the molecule is CCc1nc(-c2ccc(OC)nc2)nc(Cl)c1C. The van der Waals surface area contributed by atoms with Gasteiger partial charge in [-0.2, -0.15) is 0 Å². The van der Waals surface area contributed by atoms with Crippen LogP contribution in [0.3, 0.4) is 0 Å². The van der Waals surface area contributed by atoms with Crippen molar-refractivity contribution in [2.24, 2.45) is 0 Å². The lowest BCUT2D eigenvalue weighted by atomic mass is 10.2. The Bertz CT molecular complexity index is 555. The number of nitrogens with zero attached hydrogens (tertiary/aromatic N) is 3. The first-order valence-electron chi connectivity index (χ1n) is 5.69. The minimum absolute atomic E-state index is 0.493. The molecule has 2 rings (SSSR count). The van der Waals surface area contributed by atoms with E-state index in [-0.39, 0.29) is 0 Å². The van der Waals surface area contributed by atoms with Gasteiger partial charge in [0, 0.05) is 29.1 Å². The fraction of sp³-hybridized carbons (Fsp3) is 0.308. The van der Waals surface area contributed by atoms with Crippen molar-refractivity contribution in [1.29, 1.82) is 0 Å². The highest BCUT2D eigenvalue weighted by molar-refractivity contribution is 6.30. The third-order valence-electron chi connectivity index (χ3n) is 2.73. The Morgan fingerprint density at radius 1 is 1.28 bits per heavy atom. The van der Waals surface area contributed by atoms with Gasteiger partial charge in [0.05, 0.1) is 7.11 Å². The zero-order valence-electron chi connectivity index (χ0n) is 10.6. The molecule has 0 aliphatic heterocycles. The van der Waals surface area contributed by atoms with E-state index in [4.69, 9.17) is 16.3 Å². The molecule has 0 atom stereocenters. The van der Waals surface area contributed by atoms with Gasteiger partial charge in [0.1, 0.15) is 5.15 Å². The highest BCUT2D eigenvalue weighted by Crippen LogP contribution is 2.22. The summed E-state index contributed by atoms with van der Waals surface area (Å²) in [4.78, 5) is 12.9. The minimum Gasteiger partial charge on any atom is -0.481 e. The maximum atomic E-state index is 6.11. The first-order chi connectivity index (χ1) is 8.65. The van der Waals surface area contributed by atoms with Gasteiger partial charge in [-0.15, -0.1) is 0 Å². The Kier molecular flexibility index (Phi) is 3.77. The largest absolute Gasteiger partial charge is 0.481 e. The molecule has 2 aromatic rings. The zero-order chi connectivity index (χ0) is 13.1. The number of hydrogen-bond acceptors (Lipinski definition) is 4. The number of aryl methyl sites for hydroxylation is 1. The summed E-state index contributed by atoms with van der Waals surface area (Å²) < 4.78 is 5.01. The van der Waals surface area contributed by atoms with Crippen LogP contribution in [0, 0.1) is 6.92 Å². The number of aromatic nitrogens is 3. The summed E-state index contributed by atoms with van der Waals surface area (Å²) in [5, 5.41) is 0.493. The molecular weight excluding hydrogens is 250 g/mol. The van der Waals surface area contributed by atoms with Crippen LogP contribution >= 0.6 is 11.6 Å². The third kappa shape index (κ3) is 2.43. The van der Waals surface area contributed by atoms with Crippen LogP contribution in [0.2, 0.25) is 5.15 Å². The van der Waals surface area contributed by atoms with E-state index in [0.717, 1.165) is 23.2 Å². The van der Waals surface area contributed by atoms with Crippen molar-refractivity contribution in [3.63, 3.8) is 0 Å². The van der Waals surface area contributed by atoms with E-state index in [1.165, 1.54) is 0 Å². The second-order valence-corrected chi connectivity index (χ2v) is 4.21. The minimum atomic E-state index is 0.493. The van der Waals surface area contributed by atoms with Crippen molar-refractivity contribution < 1.29 is 4.74 Å². The van der Waals surface area contributed by atoms with Crippen molar-refractivity contribution in [1.82, 2.24) is 15.0 Å². The van der Waals surface area contributed by atoms with Crippen LogP contribution in [-0.4, -0.2) is 22.1 Å². The van der Waals surface area contributed by atoms with Crippen molar-refractivity contribution in [2.75, 3.05) is 7.11 Å². The fourth-order valence-electron chi connectivity index (χ4n) is 1.64. The lowest BCUT2D eigenvalue weighted by Crippen LogP contribution is -2.00. The normalized spacial score (nSPS) is 10.4. The van der Waals surface area contributed by atoms with Crippen LogP contribution in [0.5, 0.6) is 5.88 Å². The van der Waals surface area contributed by atoms with Gasteiger partial charge < -0.3 is 4.74 Å². The standard InChI is InChI=1S/C13H14ClN3O/c1-4-10-8(2)12(14)17-13(16-10)9-5-6-11(18-3)15-7-9/h5-7H,4H2,1-3H3. The van der Waals surface area contributed by atoms with E-state index in [2.05, 4.69) is 15.0 Å². The molecular formula is C13H14ClN3O. The Hall–Kier alpha value is -1.68. The lowest BCUT2D eigenvalue weighted by molar-refractivity contribution is 0.398. The Balaban J connectivity index is 2.46. The van der Waals surface area contributed by atoms with Gasteiger partial charge >= 0.3 is 0 Å². The number of hydrogen-bond donors (Lipinski definition) is 0. The number of ether oxygens (including phenoxy) is 1. The van der Waals surface area contributed by atoms with Crippen LogP contribution in [0.25, 0.3) is 11.4 Å². The van der Waals surface area contributed by atoms with E-state index in [0.29, 0.717) is 16.9 Å². The predicted octanol–water partition coefficient (Wildman–Crippen LogP) is 3.07. The summed E-state index contributed by atoms with van der Waals surface area (Å²) >= 11 is 6.11. The van der Waals surface area contributed by atoms with Crippen LogP contribution in [-0.2, 0) is 6.42 Å². The van der Waals surface area contributed by atoms with E-state index in [1.807, 2.05) is 19.9 Å². The van der Waals surface area contributed by atoms with Crippen molar-refractivity contribution in [3.05, 3.63) is 34.7 Å². The summed E-state index contributed by atoms with van der Waals surface area (Å²) in [6.45, 7) is 3.97. The Morgan fingerprint density at radius 3 is 2.61 bits per heavy atom. The van der Waals surface area contributed by atoms with Gasteiger partial charge in [-0.25, -0.2) is 15.0 Å². The van der Waals surface area contributed by atoms with Gasteiger partial charge in [-0.05, 0) is 19.4 Å². The van der Waals surface area contributed by atoms with E-state index in [9.17, 15) is 0 Å². The number of methoxy groups -OCH3 is 1. The van der Waals surface area contributed by atoms with Crippen molar-refractivity contribution >= 4 is 11.6 Å². The van der Waals surface area contributed by atoms with E-state index < -0.39 is 0 Å². The molecule has 2 aromatic heterocycles. The highest BCUT2D eigenvalue weighted by Gasteiger charge is 2.10. The molecule has 18 heavy (non-hydrogen) atoms. The molecule has 4 nitrogen and oxygen atoms in total. The summed E-state index contributed by atoms with van der Waals surface area (Å²) in [7, 11) is 1.58. The molecule has 0 radical (unpaired) electrons. The predicted molar refractivity (Wildman–Crippen MR) is 70.9 cm³/mol. The van der Waals surface area contributed by atoms with Crippen LogP contribution < -0.4 is 4.74 Å². The van der Waals surface area contributed by atoms with Crippen molar-refractivity contribution in [3.8, 4) is 17.3 Å². The van der Waals surface area contributed by atoms with Gasteiger partial charge in [0.2, 0.25) is 5.88 Å². The zero-order valence-corrected chi connectivity index (χ0v) is 11.3. The molecule has 0 unspecified atom stereocenters. The van der Waals surface area contributed by atoms with Gasteiger partial charge in [-0.3, -0.25) is 0 Å². The maximum Gasteiger partial charge on any atom is 0.212 e. The van der Waals surface area contributed by atoms with E-state index in [1.54, 1.807) is 19.4 Å². The molecule has 0 aliphatic rings. The molecule has 0 saturated heterocycles. The molecule has 2 heterocycles. The van der Waals surface area contributed by atoms with E-state index >= 15 is 0 Å². The molecule has 94 valence electrons. The molecule has 5 heteroatoms. The molecule has 0 aromatic carbocycles. The first-order valence-corrected chi connectivity index (χ1v) is 6.07. The average Bonchev–Trinajstić information content (AvgIpc) is 2.42. The Labute approximate surface area is 111 Å². The second-order valence-electron chi connectivity index (χ2n) is 3.85. The average molecular weight is 264 g/mol. The maximum absolute atomic E-state index is 6.11.